The monoisotopic (exact) mass is 331 g/mol. The molecule has 3 rings (SSSR count). The Labute approximate surface area is 140 Å². The summed E-state index contributed by atoms with van der Waals surface area (Å²) in [5.74, 6) is -0.266. The summed E-state index contributed by atoms with van der Waals surface area (Å²) in [6, 6.07) is 10.6. The van der Waals surface area contributed by atoms with Gasteiger partial charge in [0.15, 0.2) is 6.10 Å². The fourth-order valence-electron chi connectivity index (χ4n) is 2.69. The molecule has 0 unspecified atom stereocenters. The van der Waals surface area contributed by atoms with Crippen LogP contribution in [0.4, 0.5) is 5.69 Å². The third-order valence-electron chi connectivity index (χ3n) is 4.02. The highest BCUT2D eigenvalue weighted by molar-refractivity contribution is 6.30. The minimum atomic E-state index is -1.14. The van der Waals surface area contributed by atoms with Gasteiger partial charge in [-0.05, 0) is 29.8 Å². The van der Waals surface area contributed by atoms with Crippen LogP contribution >= 0.6 is 11.6 Å². The number of amides is 1. The summed E-state index contributed by atoms with van der Waals surface area (Å²) in [7, 11) is 0. The molecular weight excluding hydrogens is 314 g/mol. The zero-order chi connectivity index (χ0) is 16.2. The highest BCUT2D eigenvalue weighted by Gasteiger charge is 2.27. The Morgan fingerprint density at radius 2 is 1.83 bits per heavy atom. The first-order valence-corrected chi connectivity index (χ1v) is 7.90. The zero-order valence-corrected chi connectivity index (χ0v) is 13.4. The van der Waals surface area contributed by atoms with Crippen molar-refractivity contribution in [3.8, 4) is 0 Å². The Morgan fingerprint density at radius 3 is 2.43 bits per heavy atom. The first kappa shape index (κ1) is 15.8. The van der Waals surface area contributed by atoms with Crippen LogP contribution < -0.4 is 4.90 Å². The SMILES string of the molecule is O=C([C@H](O)c1ccc(Cl)cc1)N1CCN(c2cccnc2)CC1. The van der Waals surface area contributed by atoms with Crippen LogP contribution in [0.25, 0.3) is 0 Å². The molecule has 5 nitrogen and oxygen atoms in total. The van der Waals surface area contributed by atoms with Gasteiger partial charge in [0, 0.05) is 37.4 Å². The van der Waals surface area contributed by atoms with E-state index in [0.717, 1.165) is 18.8 Å². The third-order valence-corrected chi connectivity index (χ3v) is 4.27. The molecule has 1 aromatic carbocycles. The molecule has 1 aromatic heterocycles. The van der Waals surface area contributed by atoms with Crippen molar-refractivity contribution in [2.45, 2.75) is 6.10 Å². The summed E-state index contributed by atoms with van der Waals surface area (Å²) in [4.78, 5) is 20.4. The summed E-state index contributed by atoms with van der Waals surface area (Å²) >= 11 is 5.83. The molecule has 1 amide bonds. The number of carbonyl (C=O) groups excluding carboxylic acids is 1. The van der Waals surface area contributed by atoms with Crippen molar-refractivity contribution in [2.75, 3.05) is 31.1 Å². The van der Waals surface area contributed by atoms with Gasteiger partial charge in [0.2, 0.25) is 0 Å². The second kappa shape index (κ2) is 6.98. The fraction of sp³-hybridized carbons (Fsp3) is 0.294. The molecule has 0 spiro atoms. The van der Waals surface area contributed by atoms with Gasteiger partial charge < -0.3 is 14.9 Å². The number of anilines is 1. The zero-order valence-electron chi connectivity index (χ0n) is 12.6. The van der Waals surface area contributed by atoms with Crippen LogP contribution in [0, 0.1) is 0 Å². The van der Waals surface area contributed by atoms with E-state index in [9.17, 15) is 9.90 Å². The molecule has 23 heavy (non-hydrogen) atoms. The molecule has 2 aromatic rings. The van der Waals surface area contributed by atoms with Crippen molar-refractivity contribution in [3.63, 3.8) is 0 Å². The van der Waals surface area contributed by atoms with E-state index < -0.39 is 6.10 Å². The van der Waals surface area contributed by atoms with Crippen molar-refractivity contribution in [3.05, 3.63) is 59.4 Å². The van der Waals surface area contributed by atoms with Crippen LogP contribution in [-0.4, -0.2) is 47.1 Å². The Morgan fingerprint density at radius 1 is 1.13 bits per heavy atom. The van der Waals surface area contributed by atoms with Crippen molar-refractivity contribution < 1.29 is 9.90 Å². The summed E-state index contributed by atoms with van der Waals surface area (Å²) < 4.78 is 0. The minimum absolute atomic E-state index is 0.266. The Kier molecular flexibility index (Phi) is 4.79. The van der Waals surface area contributed by atoms with Gasteiger partial charge in [0.25, 0.3) is 5.91 Å². The molecule has 0 bridgehead atoms. The highest BCUT2D eigenvalue weighted by atomic mass is 35.5. The fourth-order valence-corrected chi connectivity index (χ4v) is 2.81. The molecule has 1 atom stereocenters. The van der Waals surface area contributed by atoms with Crippen LogP contribution in [0.15, 0.2) is 48.8 Å². The lowest BCUT2D eigenvalue weighted by atomic mass is 10.1. The summed E-state index contributed by atoms with van der Waals surface area (Å²) in [5.41, 5.74) is 1.62. The molecule has 1 aliphatic rings. The number of halogens is 1. The topological polar surface area (TPSA) is 56.7 Å². The Balaban J connectivity index is 1.60. The van der Waals surface area contributed by atoms with E-state index in [1.807, 2.05) is 18.3 Å². The average Bonchev–Trinajstić information content (AvgIpc) is 2.62. The molecule has 2 heterocycles. The number of aliphatic hydroxyl groups is 1. The first-order valence-electron chi connectivity index (χ1n) is 7.52. The number of rotatable bonds is 3. The van der Waals surface area contributed by atoms with E-state index in [-0.39, 0.29) is 5.91 Å². The number of nitrogens with zero attached hydrogens (tertiary/aromatic N) is 3. The van der Waals surface area contributed by atoms with Gasteiger partial charge >= 0.3 is 0 Å². The Bertz CT molecular complexity index is 655. The van der Waals surface area contributed by atoms with Crippen LogP contribution in [0.1, 0.15) is 11.7 Å². The number of benzene rings is 1. The van der Waals surface area contributed by atoms with Crippen LogP contribution in [0.2, 0.25) is 5.02 Å². The van der Waals surface area contributed by atoms with Crippen molar-refractivity contribution in [2.24, 2.45) is 0 Å². The van der Waals surface area contributed by atoms with Crippen LogP contribution in [0.5, 0.6) is 0 Å². The normalized spacial score (nSPS) is 16.3. The third kappa shape index (κ3) is 3.63. The average molecular weight is 332 g/mol. The molecule has 0 aliphatic carbocycles. The quantitative estimate of drug-likeness (QED) is 0.936. The van der Waals surface area contributed by atoms with Crippen LogP contribution in [-0.2, 0) is 4.79 Å². The van der Waals surface area contributed by atoms with Gasteiger partial charge in [-0.25, -0.2) is 0 Å². The predicted molar refractivity (Wildman–Crippen MR) is 89.4 cm³/mol. The molecule has 6 heteroatoms. The van der Waals surface area contributed by atoms with Crippen molar-refractivity contribution in [1.82, 2.24) is 9.88 Å². The molecular formula is C17H18ClN3O2. The van der Waals surface area contributed by atoms with Gasteiger partial charge in [0.05, 0.1) is 11.9 Å². The molecule has 1 N–H and O–H groups in total. The largest absolute Gasteiger partial charge is 0.378 e. The van der Waals surface area contributed by atoms with E-state index in [1.165, 1.54) is 0 Å². The standard InChI is InChI=1S/C17H18ClN3O2/c18-14-5-3-13(4-6-14)16(22)17(23)21-10-8-20(9-11-21)15-2-1-7-19-12-15/h1-7,12,16,22H,8-11H2/t16-/m1/s1. The molecule has 120 valence electrons. The number of aromatic nitrogens is 1. The molecule has 1 aliphatic heterocycles. The molecule has 1 fully saturated rings. The van der Waals surface area contributed by atoms with E-state index in [4.69, 9.17) is 11.6 Å². The van der Waals surface area contributed by atoms with E-state index in [1.54, 1.807) is 35.4 Å². The number of hydrogen-bond acceptors (Lipinski definition) is 4. The summed E-state index contributed by atoms with van der Waals surface area (Å²) in [6.45, 7) is 2.62. The lowest BCUT2D eigenvalue weighted by Gasteiger charge is -2.36. The lowest BCUT2D eigenvalue weighted by molar-refractivity contribution is -0.140. The summed E-state index contributed by atoms with van der Waals surface area (Å²) in [6.07, 6.45) is 2.42. The van der Waals surface area contributed by atoms with Gasteiger partial charge in [-0.15, -0.1) is 0 Å². The van der Waals surface area contributed by atoms with Crippen molar-refractivity contribution in [1.29, 1.82) is 0 Å². The summed E-state index contributed by atoms with van der Waals surface area (Å²) in [5, 5.41) is 10.8. The maximum atomic E-state index is 12.4. The maximum absolute atomic E-state index is 12.4. The highest BCUT2D eigenvalue weighted by Crippen LogP contribution is 2.20. The first-order chi connectivity index (χ1) is 11.1. The smallest absolute Gasteiger partial charge is 0.256 e. The molecule has 0 radical (unpaired) electrons. The molecule has 0 saturated carbocycles. The van der Waals surface area contributed by atoms with Gasteiger partial charge in [-0.1, -0.05) is 23.7 Å². The lowest BCUT2D eigenvalue weighted by Crippen LogP contribution is -2.50. The maximum Gasteiger partial charge on any atom is 0.256 e. The molecule has 1 saturated heterocycles. The van der Waals surface area contributed by atoms with Gasteiger partial charge in [-0.3, -0.25) is 9.78 Å². The number of aliphatic hydroxyl groups excluding tert-OH is 1. The number of pyridine rings is 1. The Hall–Kier alpha value is -2.11. The minimum Gasteiger partial charge on any atom is -0.378 e. The number of piperazine rings is 1. The van der Waals surface area contributed by atoms with E-state index in [0.29, 0.717) is 23.7 Å². The second-order valence-electron chi connectivity index (χ2n) is 5.48. The van der Waals surface area contributed by atoms with Gasteiger partial charge in [-0.2, -0.15) is 0 Å². The second-order valence-corrected chi connectivity index (χ2v) is 5.91. The predicted octanol–water partition coefficient (Wildman–Crippen LogP) is 2.12. The van der Waals surface area contributed by atoms with Crippen molar-refractivity contribution >= 4 is 23.2 Å². The van der Waals surface area contributed by atoms with E-state index in [2.05, 4.69) is 9.88 Å². The number of carbonyl (C=O) groups is 1. The number of hydrogen-bond donors (Lipinski definition) is 1. The van der Waals surface area contributed by atoms with E-state index >= 15 is 0 Å². The van der Waals surface area contributed by atoms with Crippen LogP contribution in [0.3, 0.4) is 0 Å². The van der Waals surface area contributed by atoms with Gasteiger partial charge in [0.1, 0.15) is 0 Å².